The topological polar surface area (TPSA) is 55.4 Å². The van der Waals surface area contributed by atoms with E-state index in [9.17, 15) is 22.8 Å². The van der Waals surface area contributed by atoms with Crippen molar-refractivity contribution >= 4 is 17.4 Å². The molecule has 0 saturated heterocycles. The minimum atomic E-state index is -5.02. The van der Waals surface area contributed by atoms with Crippen molar-refractivity contribution in [1.29, 1.82) is 0 Å². The number of carbonyl (C=O) groups excluding carboxylic acids is 2. The molecule has 1 heterocycles. The molecule has 1 aromatic rings. The van der Waals surface area contributed by atoms with E-state index in [2.05, 4.69) is 5.32 Å². The minimum Gasteiger partial charge on any atom is -0.428 e. The van der Waals surface area contributed by atoms with Gasteiger partial charge < -0.3 is 10.1 Å². The van der Waals surface area contributed by atoms with Crippen molar-refractivity contribution in [2.75, 3.05) is 5.32 Å². The van der Waals surface area contributed by atoms with E-state index in [-0.39, 0.29) is 24.3 Å². The highest BCUT2D eigenvalue weighted by Crippen LogP contribution is 2.51. The summed E-state index contributed by atoms with van der Waals surface area (Å²) in [6, 6.07) is 7.51. The number of carbonyl (C=O) groups is 2. The number of para-hydroxylation sites is 1. The van der Waals surface area contributed by atoms with Crippen LogP contribution in [0.2, 0.25) is 0 Å². The van der Waals surface area contributed by atoms with Crippen molar-refractivity contribution in [1.82, 2.24) is 0 Å². The van der Waals surface area contributed by atoms with Gasteiger partial charge in [0.15, 0.2) is 5.78 Å². The van der Waals surface area contributed by atoms with Gasteiger partial charge in [-0.25, -0.2) is 4.79 Å². The van der Waals surface area contributed by atoms with Crippen LogP contribution in [0.25, 0.3) is 0 Å². The summed E-state index contributed by atoms with van der Waals surface area (Å²) >= 11 is 0. The summed E-state index contributed by atoms with van der Waals surface area (Å²) < 4.78 is 46.7. The molecule has 0 radical (unpaired) electrons. The standard InChI is InChI=1S/C17H16F3NO3/c1-15(2)8-11(22)13-12(9-15)24-14(23)16(13,17(18,19)20)21-10-6-4-3-5-7-10/h3-7,21H,8-9H2,1-2H3/t16-/m0/s1. The van der Waals surface area contributed by atoms with Gasteiger partial charge in [0.25, 0.3) is 5.54 Å². The Bertz CT molecular complexity index is 737. The van der Waals surface area contributed by atoms with Crippen molar-refractivity contribution in [3.8, 4) is 0 Å². The summed E-state index contributed by atoms with van der Waals surface area (Å²) in [5.74, 6) is -2.40. The maximum atomic E-state index is 13.9. The molecule has 0 fully saturated rings. The third kappa shape index (κ3) is 2.39. The van der Waals surface area contributed by atoms with Crippen LogP contribution in [0.5, 0.6) is 0 Å². The number of alkyl halides is 3. The molecule has 0 bridgehead atoms. The number of halogens is 3. The molecule has 1 aromatic carbocycles. The SMILES string of the molecule is CC1(C)CC(=O)C2=C(C1)OC(=O)[C@]2(Nc1ccccc1)C(F)(F)F. The third-order valence-electron chi connectivity index (χ3n) is 4.26. The summed E-state index contributed by atoms with van der Waals surface area (Å²) in [4.78, 5) is 24.7. The molecular formula is C17H16F3NO3. The van der Waals surface area contributed by atoms with Crippen LogP contribution in [-0.2, 0) is 14.3 Å². The number of Topliss-reactive ketones (excluding diaryl/α,β-unsaturated/α-hetero) is 1. The van der Waals surface area contributed by atoms with E-state index < -0.39 is 34.5 Å². The molecule has 2 aliphatic rings. The van der Waals surface area contributed by atoms with E-state index >= 15 is 0 Å². The molecule has 128 valence electrons. The quantitative estimate of drug-likeness (QED) is 0.837. The van der Waals surface area contributed by atoms with Crippen LogP contribution in [-0.4, -0.2) is 23.5 Å². The highest BCUT2D eigenvalue weighted by Gasteiger charge is 2.71. The first kappa shape index (κ1) is 16.5. The molecule has 4 nitrogen and oxygen atoms in total. The number of ether oxygens (including phenoxy) is 1. The molecule has 1 atom stereocenters. The zero-order chi connectivity index (χ0) is 17.8. The van der Waals surface area contributed by atoms with Crippen LogP contribution in [0.1, 0.15) is 26.7 Å². The summed E-state index contributed by atoms with van der Waals surface area (Å²) in [5.41, 5.74) is -4.23. The zero-order valence-corrected chi connectivity index (χ0v) is 13.2. The van der Waals surface area contributed by atoms with E-state index in [1.807, 2.05) is 0 Å². The second-order valence-corrected chi connectivity index (χ2v) is 6.87. The maximum Gasteiger partial charge on any atom is 0.427 e. The van der Waals surface area contributed by atoms with Crippen LogP contribution in [0.3, 0.4) is 0 Å². The van der Waals surface area contributed by atoms with Crippen LogP contribution < -0.4 is 5.32 Å². The Kier molecular flexibility index (Phi) is 3.51. The fourth-order valence-electron chi connectivity index (χ4n) is 3.24. The van der Waals surface area contributed by atoms with Gasteiger partial charge in [-0.3, -0.25) is 4.79 Å². The number of allylic oxidation sites excluding steroid dienone is 1. The molecule has 24 heavy (non-hydrogen) atoms. The van der Waals surface area contributed by atoms with E-state index in [0.29, 0.717) is 0 Å². The van der Waals surface area contributed by atoms with Crippen molar-refractivity contribution in [2.24, 2.45) is 5.41 Å². The van der Waals surface area contributed by atoms with Crippen LogP contribution in [0, 0.1) is 5.41 Å². The normalized spacial score (nSPS) is 26.2. The highest BCUT2D eigenvalue weighted by atomic mass is 19.4. The van der Waals surface area contributed by atoms with E-state index in [1.165, 1.54) is 24.3 Å². The van der Waals surface area contributed by atoms with Crippen molar-refractivity contribution in [2.45, 2.75) is 38.4 Å². The Labute approximate surface area is 136 Å². The first-order valence-electron chi connectivity index (χ1n) is 7.46. The molecule has 3 rings (SSSR count). The number of ketones is 1. The molecule has 7 heteroatoms. The average molecular weight is 339 g/mol. The molecular weight excluding hydrogens is 323 g/mol. The van der Waals surface area contributed by atoms with E-state index in [4.69, 9.17) is 4.74 Å². The molecule has 0 spiro atoms. The molecule has 0 unspecified atom stereocenters. The summed E-state index contributed by atoms with van der Waals surface area (Å²) in [6.07, 6.45) is -4.99. The number of rotatable bonds is 2. The first-order valence-corrected chi connectivity index (χ1v) is 7.46. The van der Waals surface area contributed by atoms with Crippen LogP contribution in [0.4, 0.5) is 18.9 Å². The largest absolute Gasteiger partial charge is 0.428 e. The van der Waals surface area contributed by atoms with Crippen LogP contribution >= 0.6 is 0 Å². The van der Waals surface area contributed by atoms with Crippen molar-refractivity contribution < 1.29 is 27.5 Å². The van der Waals surface area contributed by atoms with Gasteiger partial charge in [-0.15, -0.1) is 0 Å². The number of hydrogen-bond donors (Lipinski definition) is 1. The van der Waals surface area contributed by atoms with Gasteiger partial charge in [-0.1, -0.05) is 32.0 Å². The van der Waals surface area contributed by atoms with Crippen molar-refractivity contribution in [3.63, 3.8) is 0 Å². The summed E-state index contributed by atoms with van der Waals surface area (Å²) in [7, 11) is 0. The van der Waals surface area contributed by atoms with Crippen LogP contribution in [0.15, 0.2) is 41.7 Å². The molecule has 1 N–H and O–H groups in total. The Morgan fingerprint density at radius 3 is 2.29 bits per heavy atom. The van der Waals surface area contributed by atoms with E-state index in [0.717, 1.165) is 0 Å². The number of benzene rings is 1. The lowest BCUT2D eigenvalue weighted by Crippen LogP contribution is -2.59. The average Bonchev–Trinajstić information content (AvgIpc) is 2.71. The molecule has 0 saturated carbocycles. The van der Waals surface area contributed by atoms with Gasteiger partial charge >= 0.3 is 12.1 Å². The Morgan fingerprint density at radius 1 is 1.08 bits per heavy atom. The molecule has 0 amide bonds. The fraction of sp³-hybridized carbons (Fsp3) is 0.412. The zero-order valence-electron chi connectivity index (χ0n) is 13.2. The molecule has 1 aliphatic heterocycles. The number of anilines is 1. The van der Waals surface area contributed by atoms with Gasteiger partial charge in [0.05, 0.1) is 5.57 Å². The maximum absolute atomic E-state index is 13.9. The Balaban J connectivity index is 2.17. The second kappa shape index (κ2) is 5.09. The molecule has 1 aliphatic carbocycles. The lowest BCUT2D eigenvalue weighted by atomic mass is 9.72. The predicted octanol–water partition coefficient (Wildman–Crippen LogP) is 3.60. The third-order valence-corrected chi connectivity index (χ3v) is 4.26. The Hall–Kier alpha value is -2.31. The second-order valence-electron chi connectivity index (χ2n) is 6.87. The minimum absolute atomic E-state index is 0.0726. The van der Waals surface area contributed by atoms with Gasteiger partial charge in [0.1, 0.15) is 5.76 Å². The van der Waals surface area contributed by atoms with Crippen molar-refractivity contribution in [3.05, 3.63) is 41.7 Å². The highest BCUT2D eigenvalue weighted by molar-refractivity contribution is 6.11. The van der Waals surface area contributed by atoms with E-state index in [1.54, 1.807) is 19.9 Å². The fourth-order valence-corrected chi connectivity index (χ4v) is 3.24. The van der Waals surface area contributed by atoms with Gasteiger partial charge in [0, 0.05) is 18.5 Å². The number of hydrogen-bond acceptors (Lipinski definition) is 4. The van der Waals surface area contributed by atoms with Gasteiger partial charge in [0.2, 0.25) is 0 Å². The first-order chi connectivity index (χ1) is 11.1. The summed E-state index contributed by atoms with van der Waals surface area (Å²) in [5, 5.41) is 2.22. The molecule has 0 aromatic heterocycles. The smallest absolute Gasteiger partial charge is 0.427 e. The summed E-state index contributed by atoms with van der Waals surface area (Å²) in [6.45, 7) is 3.50. The monoisotopic (exact) mass is 339 g/mol. The number of nitrogens with one attached hydrogen (secondary N) is 1. The van der Waals surface area contributed by atoms with Gasteiger partial charge in [-0.2, -0.15) is 13.2 Å². The number of esters is 1. The van der Waals surface area contributed by atoms with Gasteiger partial charge in [-0.05, 0) is 17.5 Å². The lowest BCUT2D eigenvalue weighted by molar-refractivity contribution is -0.185. The predicted molar refractivity (Wildman–Crippen MR) is 80.0 cm³/mol. The Morgan fingerprint density at radius 2 is 1.71 bits per heavy atom. The lowest BCUT2D eigenvalue weighted by Gasteiger charge is -2.34.